The monoisotopic (exact) mass is 518 g/mol. The van der Waals surface area contributed by atoms with Crippen LogP contribution in [0.1, 0.15) is 22.8 Å². The minimum absolute atomic E-state index is 0.000210. The second-order valence-corrected chi connectivity index (χ2v) is 7.08. The number of hydrogen-bond acceptors (Lipinski definition) is 4. The van der Waals surface area contributed by atoms with Crippen molar-refractivity contribution in [1.82, 2.24) is 5.43 Å². The van der Waals surface area contributed by atoms with E-state index in [1.165, 1.54) is 6.21 Å². The SMILES string of the molecule is CCOc1cc(C=NNC(=O)c2ccc(Br)cc2)c(Br)c(Br)c1O. The maximum Gasteiger partial charge on any atom is 0.271 e. The average molecular weight is 521 g/mol. The summed E-state index contributed by atoms with van der Waals surface area (Å²) in [6.45, 7) is 2.24. The zero-order chi connectivity index (χ0) is 17.7. The molecule has 2 N–H and O–H groups in total. The number of benzene rings is 2. The molecular formula is C16H13Br3N2O3. The number of hydrazone groups is 1. The van der Waals surface area contributed by atoms with E-state index in [1.807, 2.05) is 6.92 Å². The van der Waals surface area contributed by atoms with Crippen LogP contribution in [0.4, 0.5) is 0 Å². The van der Waals surface area contributed by atoms with Crippen LogP contribution < -0.4 is 10.2 Å². The summed E-state index contributed by atoms with van der Waals surface area (Å²) < 4.78 is 7.31. The van der Waals surface area contributed by atoms with E-state index in [2.05, 4.69) is 58.3 Å². The van der Waals surface area contributed by atoms with Crippen molar-refractivity contribution < 1.29 is 14.6 Å². The summed E-state index contributed by atoms with van der Waals surface area (Å²) in [6.07, 6.45) is 1.47. The Labute approximate surface area is 164 Å². The fourth-order valence-corrected chi connectivity index (χ4v) is 2.89. The Morgan fingerprint density at radius 1 is 1.25 bits per heavy atom. The third-order valence-corrected chi connectivity index (χ3v) is 5.64. The van der Waals surface area contributed by atoms with Gasteiger partial charge in [0.15, 0.2) is 11.5 Å². The number of nitrogens with zero attached hydrogens (tertiary/aromatic N) is 1. The van der Waals surface area contributed by atoms with Gasteiger partial charge in [-0.25, -0.2) is 5.43 Å². The van der Waals surface area contributed by atoms with E-state index in [0.717, 1.165) is 4.47 Å². The molecule has 0 aliphatic rings. The molecule has 0 saturated heterocycles. The van der Waals surface area contributed by atoms with Gasteiger partial charge in [-0.05, 0) is 69.1 Å². The van der Waals surface area contributed by atoms with Gasteiger partial charge < -0.3 is 9.84 Å². The molecule has 2 aromatic rings. The van der Waals surface area contributed by atoms with Gasteiger partial charge in [0.05, 0.1) is 17.3 Å². The number of hydrogen-bond donors (Lipinski definition) is 2. The van der Waals surface area contributed by atoms with Gasteiger partial charge in [0.1, 0.15) is 0 Å². The van der Waals surface area contributed by atoms with Crippen LogP contribution in [-0.4, -0.2) is 23.8 Å². The van der Waals surface area contributed by atoms with Crippen LogP contribution in [0.3, 0.4) is 0 Å². The molecule has 0 saturated carbocycles. The van der Waals surface area contributed by atoms with Crippen LogP contribution in [0.5, 0.6) is 11.5 Å². The lowest BCUT2D eigenvalue weighted by Gasteiger charge is -2.10. The number of rotatable bonds is 5. The second-order valence-electron chi connectivity index (χ2n) is 4.58. The van der Waals surface area contributed by atoms with Gasteiger partial charge in [-0.15, -0.1) is 0 Å². The molecule has 0 aromatic heterocycles. The van der Waals surface area contributed by atoms with Crippen LogP contribution in [0.2, 0.25) is 0 Å². The van der Waals surface area contributed by atoms with E-state index in [1.54, 1.807) is 30.3 Å². The highest BCUT2D eigenvalue weighted by molar-refractivity contribution is 9.13. The van der Waals surface area contributed by atoms with Crippen LogP contribution in [0.15, 0.2) is 48.9 Å². The van der Waals surface area contributed by atoms with E-state index < -0.39 is 0 Å². The number of carbonyl (C=O) groups is 1. The van der Waals surface area contributed by atoms with Crippen molar-refractivity contribution in [3.63, 3.8) is 0 Å². The molecule has 2 rings (SSSR count). The predicted octanol–water partition coefficient (Wildman–Crippen LogP) is 4.84. The van der Waals surface area contributed by atoms with E-state index in [-0.39, 0.29) is 11.7 Å². The van der Waals surface area contributed by atoms with Crippen molar-refractivity contribution >= 4 is 59.9 Å². The van der Waals surface area contributed by atoms with Crippen LogP contribution in [0.25, 0.3) is 0 Å². The molecular weight excluding hydrogens is 508 g/mol. The van der Waals surface area contributed by atoms with Crippen LogP contribution >= 0.6 is 47.8 Å². The molecule has 0 heterocycles. The van der Waals surface area contributed by atoms with Crippen molar-refractivity contribution in [2.75, 3.05) is 6.61 Å². The van der Waals surface area contributed by atoms with Crippen LogP contribution in [-0.2, 0) is 0 Å². The molecule has 0 aliphatic carbocycles. The van der Waals surface area contributed by atoms with Gasteiger partial charge >= 0.3 is 0 Å². The van der Waals surface area contributed by atoms with Crippen LogP contribution in [0, 0.1) is 0 Å². The van der Waals surface area contributed by atoms with Crippen molar-refractivity contribution in [2.45, 2.75) is 6.92 Å². The topological polar surface area (TPSA) is 70.9 Å². The summed E-state index contributed by atoms with van der Waals surface area (Å²) in [5.41, 5.74) is 3.59. The average Bonchev–Trinajstić information content (AvgIpc) is 2.57. The zero-order valence-corrected chi connectivity index (χ0v) is 17.3. The minimum Gasteiger partial charge on any atom is -0.503 e. The van der Waals surface area contributed by atoms with E-state index in [4.69, 9.17) is 4.74 Å². The Morgan fingerprint density at radius 2 is 1.92 bits per heavy atom. The highest BCUT2D eigenvalue weighted by Crippen LogP contribution is 2.41. The molecule has 5 nitrogen and oxygen atoms in total. The Hall–Kier alpha value is -1.38. The first-order valence-electron chi connectivity index (χ1n) is 6.86. The van der Waals surface area contributed by atoms with Gasteiger partial charge in [-0.3, -0.25) is 4.79 Å². The van der Waals surface area contributed by atoms with E-state index in [0.29, 0.717) is 32.4 Å². The third kappa shape index (κ3) is 4.58. The fraction of sp³-hybridized carbons (Fsp3) is 0.125. The maximum absolute atomic E-state index is 12.0. The quantitative estimate of drug-likeness (QED) is 0.438. The van der Waals surface area contributed by atoms with Gasteiger partial charge in [0.2, 0.25) is 0 Å². The molecule has 0 atom stereocenters. The summed E-state index contributed by atoms with van der Waals surface area (Å²) in [5.74, 6) is 0.00535. The summed E-state index contributed by atoms with van der Waals surface area (Å²) in [5, 5.41) is 13.9. The first-order valence-corrected chi connectivity index (χ1v) is 9.24. The number of carbonyl (C=O) groups excluding carboxylic acids is 1. The van der Waals surface area contributed by atoms with Gasteiger partial charge in [0, 0.05) is 20.1 Å². The number of amides is 1. The highest BCUT2D eigenvalue weighted by Gasteiger charge is 2.14. The first-order chi connectivity index (χ1) is 11.4. The number of phenols is 1. The van der Waals surface area contributed by atoms with Crippen molar-refractivity contribution in [3.8, 4) is 11.5 Å². The lowest BCUT2D eigenvalue weighted by molar-refractivity contribution is 0.0955. The standard InChI is InChI=1S/C16H13Br3N2O3/c1-2-24-12-7-10(13(18)14(19)15(12)22)8-20-21-16(23)9-3-5-11(17)6-4-9/h3-8,22H,2H2,1H3,(H,21,23). The Morgan fingerprint density at radius 3 is 2.54 bits per heavy atom. The normalized spacial score (nSPS) is 10.8. The molecule has 0 bridgehead atoms. The highest BCUT2D eigenvalue weighted by atomic mass is 79.9. The molecule has 126 valence electrons. The number of nitrogens with one attached hydrogen (secondary N) is 1. The molecule has 0 spiro atoms. The molecule has 0 radical (unpaired) electrons. The largest absolute Gasteiger partial charge is 0.503 e. The predicted molar refractivity (Wildman–Crippen MR) is 104 cm³/mol. The summed E-state index contributed by atoms with van der Waals surface area (Å²) in [7, 11) is 0. The molecule has 2 aromatic carbocycles. The maximum atomic E-state index is 12.0. The van der Waals surface area contributed by atoms with Crippen molar-refractivity contribution in [1.29, 1.82) is 0 Å². The fourth-order valence-electron chi connectivity index (χ4n) is 1.80. The molecule has 0 unspecified atom stereocenters. The lowest BCUT2D eigenvalue weighted by atomic mass is 10.2. The summed E-state index contributed by atoms with van der Waals surface area (Å²) in [6, 6.07) is 8.56. The first kappa shape index (κ1) is 19.0. The van der Waals surface area contributed by atoms with Gasteiger partial charge in [0.25, 0.3) is 5.91 Å². The lowest BCUT2D eigenvalue weighted by Crippen LogP contribution is -2.17. The summed E-state index contributed by atoms with van der Waals surface area (Å²) in [4.78, 5) is 12.0. The molecule has 24 heavy (non-hydrogen) atoms. The van der Waals surface area contributed by atoms with E-state index >= 15 is 0 Å². The van der Waals surface area contributed by atoms with Gasteiger partial charge in [-0.1, -0.05) is 15.9 Å². The number of ether oxygens (including phenoxy) is 1. The van der Waals surface area contributed by atoms with Gasteiger partial charge in [-0.2, -0.15) is 5.10 Å². The Balaban J connectivity index is 2.16. The third-order valence-electron chi connectivity index (χ3n) is 2.95. The van der Waals surface area contributed by atoms with Crippen molar-refractivity contribution in [3.05, 3.63) is 54.9 Å². The minimum atomic E-state index is -0.322. The number of halogens is 3. The Bertz CT molecular complexity index is 777. The number of aromatic hydroxyl groups is 1. The smallest absolute Gasteiger partial charge is 0.271 e. The van der Waals surface area contributed by atoms with E-state index in [9.17, 15) is 9.90 Å². The number of phenolic OH excluding ortho intramolecular Hbond substituents is 1. The van der Waals surface area contributed by atoms with Crippen molar-refractivity contribution in [2.24, 2.45) is 5.10 Å². The Kier molecular flexibility index (Phi) is 6.82. The molecule has 0 aliphatic heterocycles. The zero-order valence-electron chi connectivity index (χ0n) is 12.5. The summed E-state index contributed by atoms with van der Waals surface area (Å²) >= 11 is 9.96. The molecule has 0 fully saturated rings. The molecule has 1 amide bonds. The molecule has 8 heteroatoms. The second kappa shape index (κ2) is 8.64.